The molecule has 4 amide bonds. The number of para-hydroxylation sites is 1. The molecule has 0 aliphatic carbocycles. The normalized spacial score (nSPS) is 16.5. The maximum atomic E-state index is 12.9. The Bertz CT molecular complexity index is 1060. The zero-order chi connectivity index (χ0) is 19.7. The van der Waals surface area contributed by atoms with Crippen LogP contribution in [0.5, 0.6) is 0 Å². The number of carbonyl (C=O) groups excluding carboxylic acids is 3. The summed E-state index contributed by atoms with van der Waals surface area (Å²) in [5.74, 6) is -1.42. The zero-order valence-corrected chi connectivity index (χ0v) is 14.7. The summed E-state index contributed by atoms with van der Waals surface area (Å²) in [6, 6.07) is 11.6. The second-order valence-electron chi connectivity index (χ2n) is 6.55. The van der Waals surface area contributed by atoms with E-state index in [9.17, 15) is 18.8 Å². The minimum Gasteiger partial charge on any atom is -0.361 e. The number of rotatable bonds is 5. The molecule has 0 unspecified atom stereocenters. The van der Waals surface area contributed by atoms with Crippen LogP contribution in [0.2, 0.25) is 0 Å². The number of fused-ring (bicyclic) bond motifs is 1. The highest BCUT2D eigenvalue weighted by molar-refractivity contribution is 6.08. The van der Waals surface area contributed by atoms with E-state index >= 15 is 0 Å². The van der Waals surface area contributed by atoms with Crippen LogP contribution in [0.15, 0.2) is 54.7 Å². The van der Waals surface area contributed by atoms with Gasteiger partial charge in [0.2, 0.25) is 5.91 Å². The molecular weight excluding hydrogens is 363 g/mol. The van der Waals surface area contributed by atoms with Crippen molar-refractivity contribution >= 4 is 34.4 Å². The molecule has 0 radical (unpaired) electrons. The summed E-state index contributed by atoms with van der Waals surface area (Å²) in [6.45, 7) is -0.410. The topological polar surface area (TPSA) is 94.3 Å². The average Bonchev–Trinajstić information content (AvgIpc) is 3.20. The lowest BCUT2D eigenvalue weighted by Gasteiger charge is -2.13. The van der Waals surface area contributed by atoms with Crippen LogP contribution in [-0.4, -0.2) is 40.3 Å². The van der Waals surface area contributed by atoms with Crippen LogP contribution >= 0.6 is 0 Å². The maximum Gasteiger partial charge on any atom is 0.325 e. The highest BCUT2D eigenvalue weighted by Crippen LogP contribution is 2.21. The van der Waals surface area contributed by atoms with Crippen LogP contribution in [0.25, 0.3) is 10.9 Å². The summed E-state index contributed by atoms with van der Waals surface area (Å²) in [5.41, 5.74) is 2.24. The van der Waals surface area contributed by atoms with Gasteiger partial charge in [-0.2, -0.15) is 0 Å². The van der Waals surface area contributed by atoms with Gasteiger partial charge in [-0.3, -0.25) is 14.5 Å². The van der Waals surface area contributed by atoms with Crippen LogP contribution in [0.4, 0.5) is 14.9 Å². The molecule has 1 atom stereocenters. The summed E-state index contributed by atoms with van der Waals surface area (Å²) in [4.78, 5) is 41.0. The van der Waals surface area contributed by atoms with Gasteiger partial charge in [0.25, 0.3) is 5.91 Å². The molecular formula is C20H17FN4O3. The predicted molar refractivity (Wildman–Crippen MR) is 101 cm³/mol. The maximum absolute atomic E-state index is 12.9. The average molecular weight is 380 g/mol. The van der Waals surface area contributed by atoms with Crippen molar-refractivity contribution in [2.45, 2.75) is 12.5 Å². The number of anilines is 1. The van der Waals surface area contributed by atoms with Crippen LogP contribution in [0, 0.1) is 5.82 Å². The van der Waals surface area contributed by atoms with Gasteiger partial charge in [0.1, 0.15) is 18.4 Å². The molecule has 142 valence electrons. The second kappa shape index (κ2) is 7.15. The number of amides is 4. The number of halogens is 1. The number of aromatic amines is 1. The van der Waals surface area contributed by atoms with Gasteiger partial charge in [-0.25, -0.2) is 9.18 Å². The van der Waals surface area contributed by atoms with Crippen molar-refractivity contribution in [1.29, 1.82) is 0 Å². The first kappa shape index (κ1) is 17.7. The van der Waals surface area contributed by atoms with Crippen LogP contribution in [-0.2, 0) is 16.0 Å². The Labute approximate surface area is 159 Å². The van der Waals surface area contributed by atoms with Gasteiger partial charge in [-0.1, -0.05) is 18.2 Å². The third kappa shape index (κ3) is 3.44. The Morgan fingerprint density at radius 3 is 2.64 bits per heavy atom. The Hall–Kier alpha value is -3.68. The van der Waals surface area contributed by atoms with Crippen LogP contribution in [0.1, 0.15) is 5.56 Å². The van der Waals surface area contributed by atoms with E-state index in [0.717, 1.165) is 21.4 Å². The molecule has 8 heteroatoms. The van der Waals surface area contributed by atoms with Crippen molar-refractivity contribution in [3.05, 3.63) is 66.1 Å². The number of H-pyrrole nitrogens is 1. The Kier molecular flexibility index (Phi) is 4.52. The summed E-state index contributed by atoms with van der Waals surface area (Å²) in [7, 11) is 0. The van der Waals surface area contributed by atoms with Crippen molar-refractivity contribution in [2.24, 2.45) is 0 Å². The fourth-order valence-electron chi connectivity index (χ4n) is 3.26. The smallest absolute Gasteiger partial charge is 0.325 e. The highest BCUT2D eigenvalue weighted by Gasteiger charge is 2.39. The molecule has 0 saturated carbocycles. The largest absolute Gasteiger partial charge is 0.361 e. The molecule has 28 heavy (non-hydrogen) atoms. The van der Waals surface area contributed by atoms with Crippen molar-refractivity contribution in [2.75, 3.05) is 11.9 Å². The standard InChI is InChI=1S/C20H17FN4O3/c21-13-5-7-14(8-6-13)23-18(26)11-25-19(27)17(24-20(25)28)9-12-10-22-16-4-2-1-3-15(12)16/h1-8,10,17,22H,9,11H2,(H,23,26)(H,24,28)/t17-/m1/s1. The van der Waals surface area contributed by atoms with Crippen molar-refractivity contribution in [3.8, 4) is 0 Å². The Morgan fingerprint density at radius 2 is 1.86 bits per heavy atom. The van der Waals surface area contributed by atoms with E-state index in [4.69, 9.17) is 0 Å². The van der Waals surface area contributed by atoms with E-state index in [1.165, 1.54) is 24.3 Å². The SMILES string of the molecule is O=C(CN1C(=O)N[C@H](Cc2c[nH]c3ccccc23)C1=O)Nc1ccc(F)cc1. The van der Waals surface area contributed by atoms with Gasteiger partial charge in [0.15, 0.2) is 0 Å². The molecule has 7 nitrogen and oxygen atoms in total. The Morgan fingerprint density at radius 1 is 1.11 bits per heavy atom. The van der Waals surface area contributed by atoms with Gasteiger partial charge < -0.3 is 15.6 Å². The molecule has 4 rings (SSSR count). The van der Waals surface area contributed by atoms with Crippen molar-refractivity contribution in [3.63, 3.8) is 0 Å². The fraction of sp³-hybridized carbons (Fsp3) is 0.150. The number of imide groups is 1. The van der Waals surface area contributed by atoms with Gasteiger partial charge in [-0.15, -0.1) is 0 Å². The molecule has 0 bridgehead atoms. The lowest BCUT2D eigenvalue weighted by Crippen LogP contribution is -2.38. The molecule has 1 aliphatic rings. The number of nitrogens with zero attached hydrogens (tertiary/aromatic N) is 1. The quantitative estimate of drug-likeness (QED) is 0.594. The first-order valence-electron chi connectivity index (χ1n) is 8.73. The molecule has 3 N–H and O–H groups in total. The predicted octanol–water partition coefficient (Wildman–Crippen LogP) is 2.41. The number of hydrogen-bond donors (Lipinski definition) is 3. The number of urea groups is 1. The molecule has 0 spiro atoms. The van der Waals surface area contributed by atoms with Crippen molar-refractivity contribution in [1.82, 2.24) is 15.2 Å². The summed E-state index contributed by atoms with van der Waals surface area (Å²) in [6.07, 6.45) is 2.14. The molecule has 1 saturated heterocycles. The number of hydrogen-bond acceptors (Lipinski definition) is 3. The van der Waals surface area contributed by atoms with Crippen LogP contribution < -0.4 is 10.6 Å². The number of carbonyl (C=O) groups is 3. The third-order valence-corrected chi connectivity index (χ3v) is 4.64. The molecule has 3 aromatic rings. The number of benzene rings is 2. The molecule has 1 aliphatic heterocycles. The summed E-state index contributed by atoms with van der Waals surface area (Å²) < 4.78 is 12.9. The molecule has 1 fully saturated rings. The lowest BCUT2D eigenvalue weighted by molar-refractivity contribution is -0.130. The number of aromatic nitrogens is 1. The molecule has 2 aromatic carbocycles. The zero-order valence-electron chi connectivity index (χ0n) is 14.7. The molecule has 2 heterocycles. The highest BCUT2D eigenvalue weighted by atomic mass is 19.1. The first-order chi connectivity index (χ1) is 13.5. The minimum atomic E-state index is -0.731. The number of nitrogens with one attached hydrogen (secondary N) is 3. The van der Waals surface area contributed by atoms with Gasteiger partial charge in [-0.05, 0) is 35.9 Å². The first-order valence-corrected chi connectivity index (χ1v) is 8.73. The fourth-order valence-corrected chi connectivity index (χ4v) is 3.26. The van der Waals surface area contributed by atoms with E-state index in [2.05, 4.69) is 15.6 Å². The van der Waals surface area contributed by atoms with E-state index in [1.54, 1.807) is 0 Å². The molecule has 1 aromatic heterocycles. The van der Waals surface area contributed by atoms with E-state index in [-0.39, 0.29) is 0 Å². The lowest BCUT2D eigenvalue weighted by atomic mass is 10.1. The Balaban J connectivity index is 1.42. The third-order valence-electron chi connectivity index (χ3n) is 4.64. The van der Waals surface area contributed by atoms with Crippen LogP contribution in [0.3, 0.4) is 0 Å². The van der Waals surface area contributed by atoms with E-state index in [1.807, 2.05) is 30.5 Å². The van der Waals surface area contributed by atoms with Gasteiger partial charge >= 0.3 is 6.03 Å². The van der Waals surface area contributed by atoms with E-state index in [0.29, 0.717) is 12.1 Å². The second-order valence-corrected chi connectivity index (χ2v) is 6.55. The van der Waals surface area contributed by atoms with Crippen molar-refractivity contribution < 1.29 is 18.8 Å². The summed E-state index contributed by atoms with van der Waals surface area (Å²) >= 11 is 0. The van der Waals surface area contributed by atoms with Gasteiger partial charge in [0, 0.05) is 29.2 Å². The monoisotopic (exact) mass is 380 g/mol. The minimum absolute atomic E-state index is 0.324. The van der Waals surface area contributed by atoms with E-state index < -0.39 is 36.2 Å². The summed E-state index contributed by atoms with van der Waals surface area (Å²) in [5, 5.41) is 6.15. The van der Waals surface area contributed by atoms with Gasteiger partial charge in [0.05, 0.1) is 0 Å².